The summed E-state index contributed by atoms with van der Waals surface area (Å²) in [6.07, 6.45) is 3.20. The minimum absolute atomic E-state index is 0.0219. The van der Waals surface area contributed by atoms with Gasteiger partial charge in [-0.2, -0.15) is 5.10 Å². The highest BCUT2D eigenvalue weighted by atomic mass is 32.1. The fourth-order valence-electron chi connectivity index (χ4n) is 2.62. The Morgan fingerprint density at radius 1 is 1.14 bits per heavy atom. The molecule has 0 bridgehead atoms. The summed E-state index contributed by atoms with van der Waals surface area (Å²) < 4.78 is 12.5. The van der Waals surface area contributed by atoms with E-state index in [1.165, 1.54) is 29.7 Å². The Balaban J connectivity index is 2.16. The van der Waals surface area contributed by atoms with Crippen molar-refractivity contribution >= 4 is 17.6 Å². The van der Waals surface area contributed by atoms with E-state index in [4.69, 9.17) is 9.47 Å². The van der Waals surface area contributed by atoms with E-state index in [-0.39, 0.29) is 11.5 Å². The topological polar surface area (TPSA) is 88.6 Å². The van der Waals surface area contributed by atoms with Crippen LogP contribution in [-0.4, -0.2) is 41.9 Å². The number of rotatable bonds is 7. The van der Waals surface area contributed by atoms with E-state index < -0.39 is 0 Å². The summed E-state index contributed by atoms with van der Waals surface area (Å²) in [4.78, 5) is 5.14. The third kappa shape index (κ3) is 4.49. The standard InChI is InChI=1S/C21H21N3O4S/c1-4-9-22-21-24(23-12-14-5-6-15(25)10-19(14)26)18(13-29-21)17-11-16(27-2)7-8-20(17)28-3/h4-8,10-13,25-26H,1,9H2,2-3H3. The third-order valence-electron chi connectivity index (χ3n) is 4.05. The minimum Gasteiger partial charge on any atom is -0.508 e. The third-order valence-corrected chi connectivity index (χ3v) is 4.90. The first-order valence-electron chi connectivity index (χ1n) is 8.68. The molecule has 0 aliphatic rings. The zero-order valence-corrected chi connectivity index (χ0v) is 16.9. The lowest BCUT2D eigenvalue weighted by Crippen LogP contribution is -2.12. The van der Waals surface area contributed by atoms with Crippen molar-refractivity contribution in [1.29, 1.82) is 0 Å². The number of aromatic nitrogens is 1. The quantitative estimate of drug-likeness (QED) is 0.459. The van der Waals surface area contributed by atoms with E-state index in [2.05, 4.69) is 16.7 Å². The maximum Gasteiger partial charge on any atom is 0.206 e. The van der Waals surface area contributed by atoms with Crippen LogP contribution in [0, 0.1) is 0 Å². The molecule has 0 saturated carbocycles. The molecule has 0 radical (unpaired) electrons. The number of thiazole rings is 1. The zero-order chi connectivity index (χ0) is 20.8. The predicted molar refractivity (Wildman–Crippen MR) is 114 cm³/mol. The molecule has 0 aliphatic heterocycles. The summed E-state index contributed by atoms with van der Waals surface area (Å²) in [7, 11) is 3.20. The molecule has 150 valence electrons. The monoisotopic (exact) mass is 411 g/mol. The van der Waals surface area contributed by atoms with Gasteiger partial charge >= 0.3 is 0 Å². The first kappa shape index (κ1) is 20.2. The van der Waals surface area contributed by atoms with Gasteiger partial charge in [-0.3, -0.25) is 4.99 Å². The average molecular weight is 411 g/mol. The molecule has 1 aromatic heterocycles. The molecule has 0 atom stereocenters. The molecule has 3 aromatic rings. The van der Waals surface area contributed by atoms with Crippen LogP contribution < -0.4 is 14.3 Å². The lowest BCUT2D eigenvalue weighted by atomic mass is 10.1. The number of hydrogen-bond donors (Lipinski definition) is 2. The Labute approximate surface area is 172 Å². The van der Waals surface area contributed by atoms with E-state index in [9.17, 15) is 10.2 Å². The maximum atomic E-state index is 10.0. The fraction of sp³-hybridized carbons (Fsp3) is 0.143. The second kappa shape index (κ2) is 9.11. The van der Waals surface area contributed by atoms with E-state index in [1.807, 2.05) is 23.6 Å². The summed E-state index contributed by atoms with van der Waals surface area (Å²) in [6, 6.07) is 9.82. The maximum absolute atomic E-state index is 10.0. The van der Waals surface area contributed by atoms with Crippen LogP contribution in [0.1, 0.15) is 5.56 Å². The molecule has 3 rings (SSSR count). The van der Waals surface area contributed by atoms with Crippen LogP contribution in [-0.2, 0) is 0 Å². The molecule has 0 unspecified atom stereocenters. The van der Waals surface area contributed by atoms with E-state index in [1.54, 1.807) is 31.0 Å². The normalized spacial score (nSPS) is 11.7. The van der Waals surface area contributed by atoms with Crippen LogP contribution in [0.3, 0.4) is 0 Å². The van der Waals surface area contributed by atoms with Crippen molar-refractivity contribution in [2.45, 2.75) is 0 Å². The Morgan fingerprint density at radius 3 is 2.66 bits per heavy atom. The highest BCUT2D eigenvalue weighted by molar-refractivity contribution is 7.07. The number of phenolic OH excluding ortho intramolecular Hbond substituents is 2. The van der Waals surface area contributed by atoms with Crippen molar-refractivity contribution in [3.63, 3.8) is 0 Å². The Kier molecular flexibility index (Phi) is 6.36. The molecule has 2 N–H and O–H groups in total. The molecule has 7 nitrogen and oxygen atoms in total. The van der Waals surface area contributed by atoms with Gasteiger partial charge in [0.2, 0.25) is 4.80 Å². The molecule has 8 heteroatoms. The van der Waals surface area contributed by atoms with Crippen molar-refractivity contribution < 1.29 is 19.7 Å². The van der Waals surface area contributed by atoms with Gasteiger partial charge in [-0.05, 0) is 30.3 Å². The molecule has 1 heterocycles. The second-order valence-corrected chi connectivity index (χ2v) is 6.74. The molecule has 29 heavy (non-hydrogen) atoms. The molecular formula is C21H21N3O4S. The van der Waals surface area contributed by atoms with Gasteiger partial charge in [-0.25, -0.2) is 4.68 Å². The van der Waals surface area contributed by atoms with Crippen molar-refractivity contribution in [2.75, 3.05) is 20.8 Å². The molecule has 0 fully saturated rings. The average Bonchev–Trinajstić information content (AvgIpc) is 3.13. The number of aromatic hydroxyl groups is 2. The van der Waals surface area contributed by atoms with Gasteiger partial charge in [-0.1, -0.05) is 6.08 Å². The smallest absolute Gasteiger partial charge is 0.206 e. The van der Waals surface area contributed by atoms with Gasteiger partial charge in [0.25, 0.3) is 0 Å². The van der Waals surface area contributed by atoms with Crippen LogP contribution in [0.2, 0.25) is 0 Å². The molecular weight excluding hydrogens is 390 g/mol. The van der Waals surface area contributed by atoms with E-state index >= 15 is 0 Å². The molecule has 0 aliphatic carbocycles. The van der Waals surface area contributed by atoms with Gasteiger partial charge in [0, 0.05) is 22.6 Å². The van der Waals surface area contributed by atoms with Gasteiger partial charge < -0.3 is 19.7 Å². The highest BCUT2D eigenvalue weighted by Gasteiger charge is 2.14. The van der Waals surface area contributed by atoms with Gasteiger partial charge in [-0.15, -0.1) is 17.9 Å². The number of phenols is 2. The molecule has 0 spiro atoms. The molecule has 0 saturated heterocycles. The summed E-state index contributed by atoms with van der Waals surface area (Å²) in [5, 5.41) is 26.0. The van der Waals surface area contributed by atoms with Crippen molar-refractivity contribution in [1.82, 2.24) is 4.68 Å². The molecule has 0 amide bonds. The summed E-state index contributed by atoms with van der Waals surface area (Å²) >= 11 is 1.42. The largest absolute Gasteiger partial charge is 0.508 e. The number of hydrogen-bond acceptors (Lipinski definition) is 7. The van der Waals surface area contributed by atoms with Crippen LogP contribution in [0.5, 0.6) is 23.0 Å². The SMILES string of the molecule is C=CCN=c1scc(-c2cc(OC)ccc2OC)n1N=Cc1ccc(O)cc1O. The van der Waals surface area contributed by atoms with Gasteiger partial charge in [0.05, 0.1) is 32.7 Å². The van der Waals surface area contributed by atoms with Crippen molar-refractivity contribution in [3.05, 3.63) is 64.8 Å². The van der Waals surface area contributed by atoms with E-state index in [0.29, 0.717) is 28.4 Å². The fourth-order valence-corrected chi connectivity index (χ4v) is 3.46. The lowest BCUT2D eigenvalue weighted by Gasteiger charge is -2.11. The lowest BCUT2D eigenvalue weighted by molar-refractivity contribution is 0.404. The van der Waals surface area contributed by atoms with Crippen LogP contribution in [0.4, 0.5) is 0 Å². The Hall–Kier alpha value is -3.52. The number of ether oxygens (including phenoxy) is 2. The number of benzene rings is 2. The number of nitrogens with zero attached hydrogens (tertiary/aromatic N) is 3. The number of methoxy groups -OCH3 is 2. The van der Waals surface area contributed by atoms with Crippen molar-refractivity contribution in [3.8, 4) is 34.3 Å². The van der Waals surface area contributed by atoms with E-state index in [0.717, 1.165) is 11.3 Å². The minimum atomic E-state index is -0.0744. The zero-order valence-electron chi connectivity index (χ0n) is 16.1. The van der Waals surface area contributed by atoms with Crippen LogP contribution >= 0.6 is 11.3 Å². The second-order valence-electron chi connectivity index (χ2n) is 5.90. The predicted octanol–water partition coefficient (Wildman–Crippen LogP) is 3.61. The van der Waals surface area contributed by atoms with Crippen molar-refractivity contribution in [2.24, 2.45) is 10.1 Å². The Morgan fingerprint density at radius 2 is 1.97 bits per heavy atom. The van der Waals surface area contributed by atoms with Crippen LogP contribution in [0.25, 0.3) is 11.3 Å². The first-order chi connectivity index (χ1) is 14.1. The Bertz CT molecular complexity index is 1120. The highest BCUT2D eigenvalue weighted by Crippen LogP contribution is 2.33. The summed E-state index contributed by atoms with van der Waals surface area (Å²) in [5.41, 5.74) is 2.00. The van der Waals surface area contributed by atoms with Gasteiger partial charge in [0.15, 0.2) is 0 Å². The summed E-state index contributed by atoms with van der Waals surface area (Å²) in [6.45, 7) is 4.14. The van der Waals surface area contributed by atoms with Crippen LogP contribution in [0.15, 0.2) is 64.5 Å². The first-order valence-corrected chi connectivity index (χ1v) is 9.56. The molecule has 2 aromatic carbocycles. The summed E-state index contributed by atoms with van der Waals surface area (Å²) in [5.74, 6) is 1.25. The van der Waals surface area contributed by atoms with Gasteiger partial charge in [0.1, 0.15) is 23.0 Å².